The molecule has 3 rings (SSSR count). The predicted molar refractivity (Wildman–Crippen MR) is 84.7 cm³/mol. The number of halogens is 2. The maximum absolute atomic E-state index is 14.1. The van der Waals surface area contributed by atoms with Crippen LogP contribution in [0.2, 0.25) is 0 Å². The number of pyridine rings is 1. The Labute approximate surface area is 130 Å². The molecule has 2 aromatic carbocycles. The standard InChI is InChI=1S/C16H12FINO/c1-20-16-4-2-3-11-7-8-19(10-13(11)16)15-6-5-12(18)9-14(15)17/h2-10H,1H3/q+1. The molecule has 0 atom stereocenters. The van der Waals surface area contributed by atoms with E-state index in [1.165, 1.54) is 6.07 Å². The number of methoxy groups -OCH3 is 1. The van der Waals surface area contributed by atoms with Gasteiger partial charge in [-0.3, -0.25) is 0 Å². The third-order valence-electron chi connectivity index (χ3n) is 3.19. The molecular formula is C16H12FINO+. The van der Waals surface area contributed by atoms with Crippen molar-refractivity contribution in [2.75, 3.05) is 7.11 Å². The second kappa shape index (κ2) is 5.36. The van der Waals surface area contributed by atoms with Crippen molar-refractivity contribution in [1.82, 2.24) is 0 Å². The third kappa shape index (κ3) is 2.35. The second-order valence-electron chi connectivity index (χ2n) is 4.41. The molecule has 4 heteroatoms. The van der Waals surface area contributed by atoms with E-state index in [1.54, 1.807) is 17.7 Å². The Kier molecular flexibility index (Phi) is 3.56. The number of hydrogen-bond acceptors (Lipinski definition) is 1. The van der Waals surface area contributed by atoms with Crippen molar-refractivity contribution in [3.05, 3.63) is 64.2 Å². The summed E-state index contributed by atoms with van der Waals surface area (Å²) < 4.78 is 22.1. The highest BCUT2D eigenvalue weighted by Crippen LogP contribution is 2.24. The van der Waals surface area contributed by atoms with Crippen LogP contribution in [-0.2, 0) is 0 Å². The zero-order valence-corrected chi connectivity index (χ0v) is 13.0. The zero-order valence-electron chi connectivity index (χ0n) is 10.8. The molecule has 0 aliphatic heterocycles. The molecule has 0 saturated carbocycles. The summed E-state index contributed by atoms with van der Waals surface area (Å²) in [5, 5.41) is 2.02. The lowest BCUT2D eigenvalue weighted by Crippen LogP contribution is -2.30. The molecule has 0 unspecified atom stereocenters. The van der Waals surface area contributed by atoms with E-state index in [1.807, 2.05) is 42.7 Å². The quantitative estimate of drug-likeness (QED) is 0.486. The average Bonchev–Trinajstić information content (AvgIpc) is 2.46. The molecule has 0 spiro atoms. The first-order chi connectivity index (χ1) is 9.69. The van der Waals surface area contributed by atoms with E-state index >= 15 is 0 Å². The van der Waals surface area contributed by atoms with E-state index in [2.05, 4.69) is 22.6 Å². The Hall–Kier alpha value is -1.69. The summed E-state index contributed by atoms with van der Waals surface area (Å²) in [5.41, 5.74) is 0.526. The number of aromatic nitrogens is 1. The van der Waals surface area contributed by atoms with Crippen LogP contribution >= 0.6 is 22.6 Å². The molecule has 0 aliphatic carbocycles. The van der Waals surface area contributed by atoms with Gasteiger partial charge < -0.3 is 4.74 Å². The van der Waals surface area contributed by atoms with E-state index in [0.717, 1.165) is 20.1 Å². The zero-order chi connectivity index (χ0) is 14.1. The van der Waals surface area contributed by atoms with Gasteiger partial charge >= 0.3 is 0 Å². The van der Waals surface area contributed by atoms with Crippen molar-refractivity contribution in [2.45, 2.75) is 0 Å². The molecule has 20 heavy (non-hydrogen) atoms. The van der Waals surface area contributed by atoms with Gasteiger partial charge in [-0.15, -0.1) is 0 Å². The Balaban J connectivity index is 2.22. The van der Waals surface area contributed by atoms with Gasteiger partial charge in [0.15, 0.2) is 18.2 Å². The van der Waals surface area contributed by atoms with Crippen molar-refractivity contribution in [2.24, 2.45) is 0 Å². The predicted octanol–water partition coefficient (Wildman–Crippen LogP) is 3.87. The minimum absolute atomic E-state index is 0.240. The van der Waals surface area contributed by atoms with Crippen LogP contribution in [0.15, 0.2) is 54.9 Å². The van der Waals surface area contributed by atoms with E-state index in [4.69, 9.17) is 4.74 Å². The summed E-state index contributed by atoms with van der Waals surface area (Å²) in [4.78, 5) is 0. The van der Waals surface area contributed by atoms with Crippen molar-refractivity contribution in [3.63, 3.8) is 0 Å². The maximum atomic E-state index is 14.1. The van der Waals surface area contributed by atoms with Gasteiger partial charge in [0.05, 0.1) is 12.5 Å². The van der Waals surface area contributed by atoms with Gasteiger partial charge in [0.2, 0.25) is 5.69 Å². The number of benzene rings is 2. The van der Waals surface area contributed by atoms with Crippen molar-refractivity contribution in [1.29, 1.82) is 0 Å². The lowest BCUT2D eigenvalue weighted by atomic mass is 10.1. The smallest absolute Gasteiger partial charge is 0.246 e. The number of hydrogen-bond donors (Lipinski definition) is 0. The second-order valence-corrected chi connectivity index (χ2v) is 5.66. The van der Waals surface area contributed by atoms with Gasteiger partial charge in [-0.25, -0.2) is 0 Å². The Morgan fingerprint density at radius 1 is 1.15 bits per heavy atom. The fourth-order valence-corrected chi connectivity index (χ4v) is 2.66. The summed E-state index contributed by atoms with van der Waals surface area (Å²) in [6.07, 6.45) is 3.74. The number of ether oxygens (including phenoxy) is 1. The highest BCUT2D eigenvalue weighted by Gasteiger charge is 2.15. The van der Waals surface area contributed by atoms with Gasteiger partial charge in [0, 0.05) is 15.7 Å². The molecule has 0 radical (unpaired) electrons. The Morgan fingerprint density at radius 2 is 2.00 bits per heavy atom. The van der Waals surface area contributed by atoms with Gasteiger partial charge in [0.1, 0.15) is 5.75 Å². The fourth-order valence-electron chi connectivity index (χ4n) is 2.21. The van der Waals surface area contributed by atoms with E-state index < -0.39 is 0 Å². The van der Waals surface area contributed by atoms with Crippen LogP contribution in [-0.4, -0.2) is 7.11 Å². The minimum Gasteiger partial charge on any atom is -0.496 e. The van der Waals surface area contributed by atoms with Crippen LogP contribution in [0.3, 0.4) is 0 Å². The van der Waals surface area contributed by atoms with Crippen LogP contribution in [0.5, 0.6) is 5.75 Å². The van der Waals surface area contributed by atoms with Crippen LogP contribution < -0.4 is 9.30 Å². The minimum atomic E-state index is -0.240. The lowest BCUT2D eigenvalue weighted by Gasteiger charge is -2.04. The van der Waals surface area contributed by atoms with E-state index in [0.29, 0.717) is 5.69 Å². The third-order valence-corrected chi connectivity index (χ3v) is 3.86. The Morgan fingerprint density at radius 3 is 2.75 bits per heavy atom. The Bertz CT molecular complexity index is 789. The summed E-state index contributed by atoms with van der Waals surface area (Å²) in [5.74, 6) is 0.541. The van der Waals surface area contributed by atoms with Crippen molar-refractivity contribution in [3.8, 4) is 11.4 Å². The van der Waals surface area contributed by atoms with E-state index in [-0.39, 0.29) is 5.82 Å². The molecule has 0 aliphatic rings. The van der Waals surface area contributed by atoms with Crippen LogP contribution in [0.25, 0.3) is 16.5 Å². The van der Waals surface area contributed by atoms with Gasteiger partial charge in [-0.1, -0.05) is 12.1 Å². The summed E-state index contributed by atoms with van der Waals surface area (Å²) in [6, 6.07) is 13.0. The topological polar surface area (TPSA) is 13.1 Å². The molecule has 0 amide bonds. The number of rotatable bonds is 2. The van der Waals surface area contributed by atoms with E-state index in [9.17, 15) is 4.39 Å². The highest BCUT2D eigenvalue weighted by molar-refractivity contribution is 14.1. The maximum Gasteiger partial charge on any atom is 0.246 e. The van der Waals surface area contributed by atoms with Crippen LogP contribution in [0.4, 0.5) is 4.39 Å². The summed E-state index contributed by atoms with van der Waals surface area (Å²) in [6.45, 7) is 0. The van der Waals surface area contributed by atoms with Gasteiger partial charge in [-0.05, 0) is 46.2 Å². The molecule has 3 aromatic rings. The molecule has 1 heterocycles. The van der Waals surface area contributed by atoms with Gasteiger partial charge in [-0.2, -0.15) is 8.96 Å². The molecule has 100 valence electrons. The highest BCUT2D eigenvalue weighted by atomic mass is 127. The fraction of sp³-hybridized carbons (Fsp3) is 0.0625. The molecular weight excluding hydrogens is 368 g/mol. The SMILES string of the molecule is COc1cccc2cc[n+](-c3ccc(I)cc3F)cc12. The van der Waals surface area contributed by atoms with Crippen LogP contribution in [0.1, 0.15) is 0 Å². The normalized spacial score (nSPS) is 10.8. The van der Waals surface area contributed by atoms with Crippen molar-refractivity contribution < 1.29 is 13.7 Å². The molecule has 2 nitrogen and oxygen atoms in total. The first-order valence-electron chi connectivity index (χ1n) is 6.12. The number of nitrogens with zero attached hydrogens (tertiary/aromatic N) is 1. The molecule has 0 saturated heterocycles. The summed E-state index contributed by atoms with van der Waals surface area (Å²) >= 11 is 2.10. The van der Waals surface area contributed by atoms with Crippen LogP contribution in [0, 0.1) is 9.39 Å². The number of fused-ring (bicyclic) bond motifs is 1. The summed E-state index contributed by atoms with van der Waals surface area (Å²) in [7, 11) is 1.64. The van der Waals surface area contributed by atoms with Crippen molar-refractivity contribution >= 4 is 33.4 Å². The largest absolute Gasteiger partial charge is 0.496 e. The first kappa shape index (κ1) is 13.3. The lowest BCUT2D eigenvalue weighted by molar-refractivity contribution is -0.596. The monoisotopic (exact) mass is 380 g/mol. The molecule has 0 fully saturated rings. The first-order valence-corrected chi connectivity index (χ1v) is 7.20. The molecule has 1 aromatic heterocycles. The van der Waals surface area contributed by atoms with Gasteiger partial charge in [0.25, 0.3) is 0 Å². The molecule has 0 N–H and O–H groups in total. The average molecular weight is 380 g/mol. The molecule has 0 bridgehead atoms.